The van der Waals surface area contributed by atoms with E-state index in [2.05, 4.69) is 10.4 Å². The molecule has 0 spiro atoms. The average Bonchev–Trinajstić information content (AvgIpc) is 3.11. The number of carboxylic acid groups (broad SMARTS) is 1. The number of carbonyl (C=O) groups is 2. The third-order valence-corrected chi connectivity index (χ3v) is 3.77. The summed E-state index contributed by atoms with van der Waals surface area (Å²) in [6.07, 6.45) is 2.58. The first-order valence-corrected chi connectivity index (χ1v) is 9.28. The van der Waals surface area contributed by atoms with Gasteiger partial charge in [0.1, 0.15) is 11.4 Å². The zero-order valence-corrected chi connectivity index (χ0v) is 16.8. The van der Waals surface area contributed by atoms with Gasteiger partial charge in [-0.25, -0.2) is 9.59 Å². The predicted molar refractivity (Wildman–Crippen MR) is 106 cm³/mol. The molecule has 0 saturated heterocycles. The summed E-state index contributed by atoms with van der Waals surface area (Å²) in [5, 5.41) is 24.9. The van der Waals surface area contributed by atoms with Crippen LogP contribution in [-0.4, -0.2) is 56.9 Å². The van der Waals surface area contributed by atoms with E-state index in [0.717, 1.165) is 11.1 Å². The second kappa shape index (κ2) is 9.92. The number of rotatable bonds is 9. The van der Waals surface area contributed by atoms with Gasteiger partial charge in [-0.1, -0.05) is 12.1 Å². The molecule has 2 rings (SSSR count). The SMILES string of the molecule is CC(C)(C)OC(=O)NCCCn1cc(-c2ccc(OC(CO)C(=O)O)cc2)cn1. The van der Waals surface area contributed by atoms with Crippen molar-refractivity contribution in [3.63, 3.8) is 0 Å². The number of alkyl carbamates (subject to hydrolysis) is 1. The van der Waals surface area contributed by atoms with E-state index < -0.39 is 30.4 Å². The van der Waals surface area contributed by atoms with Crippen molar-refractivity contribution in [3.8, 4) is 16.9 Å². The predicted octanol–water partition coefficient (Wildman–Crippen LogP) is 2.29. The van der Waals surface area contributed by atoms with E-state index >= 15 is 0 Å². The molecule has 0 aliphatic heterocycles. The molecular formula is C20H27N3O6. The van der Waals surface area contributed by atoms with Crippen molar-refractivity contribution in [2.45, 2.75) is 45.4 Å². The Morgan fingerprint density at radius 3 is 2.48 bits per heavy atom. The molecule has 1 amide bonds. The smallest absolute Gasteiger partial charge is 0.407 e. The first-order chi connectivity index (χ1) is 13.7. The van der Waals surface area contributed by atoms with Crippen LogP contribution in [0.25, 0.3) is 11.1 Å². The Hall–Kier alpha value is -3.07. The molecule has 1 aromatic heterocycles. The second-order valence-corrected chi connectivity index (χ2v) is 7.43. The van der Waals surface area contributed by atoms with E-state index in [1.807, 2.05) is 27.0 Å². The monoisotopic (exact) mass is 405 g/mol. The fraction of sp³-hybridized carbons (Fsp3) is 0.450. The standard InChI is InChI=1S/C20H27N3O6/c1-20(2,3)29-19(27)21-9-4-10-23-12-15(11-22-23)14-5-7-16(8-6-14)28-17(13-24)18(25)26/h5-8,11-12,17,24H,4,9-10,13H2,1-3H3,(H,21,27)(H,25,26). The second-order valence-electron chi connectivity index (χ2n) is 7.43. The van der Waals surface area contributed by atoms with E-state index in [0.29, 0.717) is 25.3 Å². The largest absolute Gasteiger partial charge is 0.478 e. The molecule has 1 atom stereocenters. The number of carboxylic acids is 1. The molecule has 0 fully saturated rings. The average molecular weight is 405 g/mol. The third-order valence-electron chi connectivity index (χ3n) is 3.77. The number of carbonyl (C=O) groups excluding carboxylic acids is 1. The molecular weight excluding hydrogens is 378 g/mol. The zero-order valence-electron chi connectivity index (χ0n) is 16.8. The number of aliphatic hydroxyl groups excluding tert-OH is 1. The Bertz CT molecular complexity index is 810. The van der Waals surface area contributed by atoms with Crippen LogP contribution in [0.4, 0.5) is 4.79 Å². The number of aliphatic hydroxyl groups is 1. The first-order valence-electron chi connectivity index (χ1n) is 9.28. The lowest BCUT2D eigenvalue weighted by Crippen LogP contribution is -2.33. The van der Waals surface area contributed by atoms with Crippen molar-refractivity contribution in [1.29, 1.82) is 0 Å². The number of aromatic nitrogens is 2. The van der Waals surface area contributed by atoms with Gasteiger partial charge in [-0.2, -0.15) is 5.10 Å². The van der Waals surface area contributed by atoms with Crippen LogP contribution in [0.5, 0.6) is 5.75 Å². The van der Waals surface area contributed by atoms with Gasteiger partial charge in [0.2, 0.25) is 6.10 Å². The Balaban J connectivity index is 1.83. The number of benzene rings is 1. The Morgan fingerprint density at radius 2 is 1.90 bits per heavy atom. The molecule has 1 aromatic carbocycles. The molecule has 1 unspecified atom stereocenters. The summed E-state index contributed by atoms with van der Waals surface area (Å²) in [5.74, 6) is -0.866. The van der Waals surface area contributed by atoms with Crippen LogP contribution in [0, 0.1) is 0 Å². The molecule has 0 saturated carbocycles. The Morgan fingerprint density at radius 1 is 1.21 bits per heavy atom. The van der Waals surface area contributed by atoms with Crippen molar-refractivity contribution < 1.29 is 29.3 Å². The topological polar surface area (TPSA) is 123 Å². The van der Waals surface area contributed by atoms with E-state index in [9.17, 15) is 9.59 Å². The van der Waals surface area contributed by atoms with Gasteiger partial charge in [-0.05, 0) is 44.9 Å². The van der Waals surface area contributed by atoms with Crippen LogP contribution in [-0.2, 0) is 16.1 Å². The van der Waals surface area contributed by atoms with E-state index in [1.165, 1.54) is 0 Å². The molecule has 158 valence electrons. The molecule has 0 aliphatic carbocycles. The van der Waals surface area contributed by atoms with Crippen molar-refractivity contribution >= 4 is 12.1 Å². The number of ether oxygens (including phenoxy) is 2. The highest BCUT2D eigenvalue weighted by Crippen LogP contribution is 2.22. The summed E-state index contributed by atoms with van der Waals surface area (Å²) in [5.41, 5.74) is 1.27. The minimum absolute atomic E-state index is 0.357. The minimum atomic E-state index is -1.29. The van der Waals surface area contributed by atoms with Gasteiger partial charge in [0.05, 0.1) is 12.8 Å². The lowest BCUT2D eigenvalue weighted by Gasteiger charge is -2.19. The van der Waals surface area contributed by atoms with Crippen molar-refractivity contribution in [1.82, 2.24) is 15.1 Å². The Labute approximate surface area is 169 Å². The van der Waals surface area contributed by atoms with Crippen molar-refractivity contribution in [3.05, 3.63) is 36.7 Å². The number of hydrogen-bond donors (Lipinski definition) is 3. The Kier molecular flexibility index (Phi) is 7.60. The van der Waals surface area contributed by atoms with Gasteiger partial charge >= 0.3 is 12.1 Å². The highest BCUT2D eigenvalue weighted by atomic mass is 16.6. The lowest BCUT2D eigenvalue weighted by atomic mass is 10.1. The van der Waals surface area contributed by atoms with Gasteiger partial charge in [0, 0.05) is 24.8 Å². The van der Waals surface area contributed by atoms with E-state index in [-0.39, 0.29) is 0 Å². The normalized spacial score (nSPS) is 12.3. The fourth-order valence-electron chi connectivity index (χ4n) is 2.44. The maximum atomic E-state index is 11.6. The summed E-state index contributed by atoms with van der Waals surface area (Å²) in [7, 11) is 0. The molecule has 0 aliphatic rings. The minimum Gasteiger partial charge on any atom is -0.478 e. The summed E-state index contributed by atoms with van der Waals surface area (Å²) in [6, 6.07) is 6.86. The summed E-state index contributed by atoms with van der Waals surface area (Å²) in [4.78, 5) is 22.5. The van der Waals surface area contributed by atoms with Crippen LogP contribution in [0.15, 0.2) is 36.7 Å². The number of aliphatic carboxylic acids is 1. The van der Waals surface area contributed by atoms with Gasteiger partial charge in [0.15, 0.2) is 0 Å². The molecule has 2 aromatic rings. The summed E-state index contributed by atoms with van der Waals surface area (Å²) in [6.45, 7) is 5.95. The maximum absolute atomic E-state index is 11.6. The fourth-order valence-corrected chi connectivity index (χ4v) is 2.44. The lowest BCUT2D eigenvalue weighted by molar-refractivity contribution is -0.146. The molecule has 9 heteroatoms. The number of nitrogens with one attached hydrogen (secondary N) is 1. The number of amides is 1. The first kappa shape index (κ1) is 22.2. The zero-order chi connectivity index (χ0) is 21.4. The molecule has 1 heterocycles. The van der Waals surface area contributed by atoms with Gasteiger partial charge in [0.25, 0.3) is 0 Å². The van der Waals surface area contributed by atoms with E-state index in [4.69, 9.17) is 19.7 Å². The van der Waals surface area contributed by atoms with E-state index in [1.54, 1.807) is 35.1 Å². The molecule has 29 heavy (non-hydrogen) atoms. The number of nitrogens with zero attached hydrogens (tertiary/aromatic N) is 2. The maximum Gasteiger partial charge on any atom is 0.407 e. The van der Waals surface area contributed by atoms with Crippen LogP contribution < -0.4 is 10.1 Å². The third kappa shape index (κ3) is 7.46. The molecule has 3 N–H and O–H groups in total. The highest BCUT2D eigenvalue weighted by molar-refractivity contribution is 5.73. The number of hydrogen-bond acceptors (Lipinski definition) is 6. The molecule has 0 radical (unpaired) electrons. The highest BCUT2D eigenvalue weighted by Gasteiger charge is 2.18. The van der Waals surface area contributed by atoms with Gasteiger partial charge < -0.3 is 25.0 Å². The van der Waals surface area contributed by atoms with Crippen LogP contribution in [0.1, 0.15) is 27.2 Å². The van der Waals surface area contributed by atoms with Gasteiger partial charge in [-0.15, -0.1) is 0 Å². The van der Waals surface area contributed by atoms with Crippen molar-refractivity contribution in [2.75, 3.05) is 13.2 Å². The molecule has 0 bridgehead atoms. The summed E-state index contributed by atoms with van der Waals surface area (Å²) < 4.78 is 12.2. The van der Waals surface area contributed by atoms with Crippen LogP contribution >= 0.6 is 0 Å². The van der Waals surface area contributed by atoms with Crippen LogP contribution in [0.2, 0.25) is 0 Å². The summed E-state index contributed by atoms with van der Waals surface area (Å²) >= 11 is 0. The number of aryl methyl sites for hydroxylation is 1. The quantitative estimate of drug-likeness (QED) is 0.547. The van der Waals surface area contributed by atoms with Crippen molar-refractivity contribution in [2.24, 2.45) is 0 Å². The van der Waals surface area contributed by atoms with Crippen LogP contribution in [0.3, 0.4) is 0 Å². The van der Waals surface area contributed by atoms with Gasteiger partial charge in [-0.3, -0.25) is 4.68 Å². The molecule has 9 nitrogen and oxygen atoms in total.